The van der Waals surface area contributed by atoms with Gasteiger partial charge in [0.15, 0.2) is 9.84 Å². The molecular weight excluding hydrogens is 773 g/mol. The smallest absolute Gasteiger partial charge is 0.262 e. The Bertz CT molecular complexity index is 2580. The van der Waals surface area contributed by atoms with E-state index >= 15 is 0 Å². The molecule has 1 aromatic heterocycles. The molecule has 2 saturated heterocycles. The lowest BCUT2D eigenvalue weighted by atomic mass is 10.0. The zero-order chi connectivity index (χ0) is 41.7. The van der Waals surface area contributed by atoms with Crippen LogP contribution in [0, 0.1) is 17.3 Å². The number of benzene rings is 3. The second-order valence-electron chi connectivity index (χ2n) is 14.5. The molecule has 7 rings (SSSR count). The SMILES string of the molecule is CS(=O)(=O)c1ccc(-c2ccc/c(=N/C(=N)Nc3ccc(N4CCN(C(=O)CCCCC#Cc5ccc6c(c5)C(=O)N(C5CCC(=O)NC5=O)C6=O)CC4)cc3)[nH]2)cc1. The van der Waals surface area contributed by atoms with Crippen LogP contribution in [-0.4, -0.2) is 97.2 Å². The van der Waals surface area contributed by atoms with Gasteiger partial charge in [0.25, 0.3) is 11.8 Å². The molecule has 0 spiro atoms. The fourth-order valence-corrected chi connectivity index (χ4v) is 7.82. The number of sulfone groups is 1. The quantitative estimate of drug-likeness (QED) is 0.0639. The fraction of sp³-hybridized carbons (Fsp3) is 0.279. The van der Waals surface area contributed by atoms with Crippen LogP contribution in [0.1, 0.15) is 64.8 Å². The summed E-state index contributed by atoms with van der Waals surface area (Å²) in [6.07, 6.45) is 3.71. The number of guanidine groups is 1. The van der Waals surface area contributed by atoms with E-state index in [2.05, 4.69) is 37.4 Å². The standard InChI is InChI=1S/C43H42N8O7S/c1-59(57,58)32-18-12-29(13-19-32)35-8-6-9-37(46-35)47-43(44)45-30-14-16-31(17-15-30)49-23-25-50(26-24-49)39(53)10-5-3-2-4-7-28-11-20-33-34(27-28)42(56)51(41(33)55)36-21-22-38(52)48-40(36)54/h6,8-9,11-20,27,36H,2-3,5,10,21-26H2,1H3,(H,48,52,54)(H3,44,45,46,47). The third-order valence-electron chi connectivity index (χ3n) is 10.3. The molecule has 0 saturated carbocycles. The van der Waals surface area contributed by atoms with Crippen LogP contribution in [0.3, 0.4) is 0 Å². The predicted molar refractivity (Wildman–Crippen MR) is 220 cm³/mol. The Balaban J connectivity index is 0.828. The lowest BCUT2D eigenvalue weighted by Crippen LogP contribution is -2.54. The number of hydrogen-bond acceptors (Lipinski definition) is 9. The van der Waals surface area contributed by atoms with E-state index in [1.54, 1.807) is 54.6 Å². The van der Waals surface area contributed by atoms with E-state index in [0.29, 0.717) is 62.2 Å². The number of nitrogens with zero attached hydrogens (tertiary/aromatic N) is 4. The van der Waals surface area contributed by atoms with Crippen molar-refractivity contribution in [2.75, 3.05) is 42.7 Å². The minimum absolute atomic E-state index is 0.0569. The first-order valence-corrected chi connectivity index (χ1v) is 21.1. The molecule has 0 aliphatic carbocycles. The number of piperidine rings is 1. The summed E-state index contributed by atoms with van der Waals surface area (Å²) in [5.41, 5.74) is 4.65. The first-order chi connectivity index (χ1) is 28.3. The van der Waals surface area contributed by atoms with Crippen molar-refractivity contribution in [3.8, 4) is 23.1 Å². The maximum atomic E-state index is 13.1. The van der Waals surface area contributed by atoms with Gasteiger partial charge in [-0.25, -0.2) is 8.42 Å². The summed E-state index contributed by atoms with van der Waals surface area (Å²) in [5, 5.41) is 13.6. The highest BCUT2D eigenvalue weighted by Crippen LogP contribution is 2.28. The monoisotopic (exact) mass is 814 g/mol. The molecule has 1 unspecified atom stereocenters. The van der Waals surface area contributed by atoms with Gasteiger partial charge in [-0.15, -0.1) is 0 Å². The zero-order valence-electron chi connectivity index (χ0n) is 32.3. The molecule has 5 amide bonds. The molecular formula is C43H42N8O7S. The number of imide groups is 2. The largest absolute Gasteiger partial charge is 0.368 e. The van der Waals surface area contributed by atoms with E-state index in [9.17, 15) is 32.4 Å². The van der Waals surface area contributed by atoms with E-state index in [1.165, 1.54) is 6.26 Å². The number of hydrogen-bond donors (Lipinski definition) is 4. The number of rotatable bonds is 9. The third kappa shape index (κ3) is 9.48. The van der Waals surface area contributed by atoms with Gasteiger partial charge in [0.05, 0.1) is 16.0 Å². The lowest BCUT2D eigenvalue weighted by Gasteiger charge is -2.36. The van der Waals surface area contributed by atoms with E-state index in [0.717, 1.165) is 28.3 Å². The summed E-state index contributed by atoms with van der Waals surface area (Å²) in [5.74, 6) is 3.97. The van der Waals surface area contributed by atoms with Crippen molar-refractivity contribution < 1.29 is 32.4 Å². The Morgan fingerprint density at radius 2 is 1.63 bits per heavy atom. The molecule has 3 aliphatic rings. The number of nitrogens with one attached hydrogen (secondary N) is 4. The molecule has 0 radical (unpaired) electrons. The Kier molecular flexibility index (Phi) is 11.8. The van der Waals surface area contributed by atoms with Crippen molar-refractivity contribution >= 4 is 56.7 Å². The van der Waals surface area contributed by atoms with Gasteiger partial charge in [-0.2, -0.15) is 4.99 Å². The molecule has 3 aliphatic heterocycles. The Morgan fingerprint density at radius 1 is 0.898 bits per heavy atom. The minimum Gasteiger partial charge on any atom is -0.368 e. The number of pyridine rings is 1. The average molecular weight is 815 g/mol. The minimum atomic E-state index is -3.30. The Labute approximate surface area is 340 Å². The van der Waals surface area contributed by atoms with Gasteiger partial charge in [0.1, 0.15) is 11.5 Å². The van der Waals surface area contributed by atoms with E-state index in [-0.39, 0.29) is 40.7 Å². The maximum Gasteiger partial charge on any atom is 0.262 e. The van der Waals surface area contributed by atoms with Gasteiger partial charge in [-0.05, 0) is 91.6 Å². The van der Waals surface area contributed by atoms with Crippen LogP contribution >= 0.6 is 0 Å². The number of carbonyl (C=O) groups is 5. The van der Waals surface area contributed by atoms with E-state index in [4.69, 9.17) is 5.41 Å². The first-order valence-electron chi connectivity index (χ1n) is 19.2. The van der Waals surface area contributed by atoms with Crippen LogP contribution < -0.4 is 21.0 Å². The second kappa shape index (κ2) is 17.3. The second-order valence-corrected chi connectivity index (χ2v) is 16.5. The number of aromatic nitrogens is 1. The van der Waals surface area contributed by atoms with Gasteiger partial charge in [-0.3, -0.25) is 39.6 Å². The molecule has 4 N–H and O–H groups in total. The number of unbranched alkanes of at least 4 members (excludes halogenated alkanes) is 2. The van der Waals surface area contributed by atoms with Gasteiger partial charge in [0.2, 0.25) is 23.7 Å². The topological polar surface area (TPSA) is 205 Å². The van der Waals surface area contributed by atoms with Crippen molar-refractivity contribution in [1.82, 2.24) is 20.1 Å². The normalized spacial score (nSPS) is 17.0. The zero-order valence-corrected chi connectivity index (χ0v) is 33.1. The van der Waals surface area contributed by atoms with Gasteiger partial charge in [-0.1, -0.05) is 30.0 Å². The van der Waals surface area contributed by atoms with Gasteiger partial charge >= 0.3 is 0 Å². The first kappa shape index (κ1) is 40.3. The van der Waals surface area contributed by atoms with Crippen molar-refractivity contribution in [3.05, 3.63) is 107 Å². The molecule has 0 bridgehead atoms. The molecule has 4 heterocycles. The van der Waals surface area contributed by atoms with Gasteiger partial charge < -0.3 is 20.1 Å². The predicted octanol–water partition coefficient (Wildman–Crippen LogP) is 3.69. The van der Waals surface area contributed by atoms with Crippen LogP contribution in [0.25, 0.3) is 11.3 Å². The number of amides is 5. The molecule has 302 valence electrons. The molecule has 59 heavy (non-hydrogen) atoms. The van der Waals surface area contributed by atoms with Crippen molar-refractivity contribution in [1.29, 1.82) is 5.41 Å². The van der Waals surface area contributed by atoms with Crippen molar-refractivity contribution in [3.63, 3.8) is 0 Å². The van der Waals surface area contributed by atoms with Crippen molar-refractivity contribution in [2.45, 2.75) is 49.5 Å². The van der Waals surface area contributed by atoms with Crippen LogP contribution in [0.2, 0.25) is 0 Å². The van der Waals surface area contributed by atoms with Crippen molar-refractivity contribution in [2.24, 2.45) is 4.99 Å². The molecule has 2 fully saturated rings. The van der Waals surface area contributed by atoms with Gasteiger partial charge in [0, 0.05) is 74.3 Å². The molecule has 1 atom stereocenters. The molecule has 3 aromatic carbocycles. The summed E-state index contributed by atoms with van der Waals surface area (Å²) in [6.45, 7) is 2.61. The number of anilines is 2. The highest BCUT2D eigenvalue weighted by molar-refractivity contribution is 7.90. The third-order valence-corrected chi connectivity index (χ3v) is 11.5. The lowest BCUT2D eigenvalue weighted by molar-refractivity contribution is -0.136. The number of fused-ring (bicyclic) bond motifs is 1. The highest BCUT2D eigenvalue weighted by Gasteiger charge is 2.44. The fourth-order valence-electron chi connectivity index (χ4n) is 7.19. The maximum absolute atomic E-state index is 13.1. The Hall–Kier alpha value is -6.86. The number of aromatic amines is 1. The molecule has 16 heteroatoms. The average Bonchev–Trinajstić information content (AvgIpc) is 3.47. The Morgan fingerprint density at radius 3 is 2.34 bits per heavy atom. The molecule has 15 nitrogen and oxygen atoms in total. The van der Waals surface area contributed by atoms with Crippen LogP contribution in [0.5, 0.6) is 0 Å². The number of piperazine rings is 1. The summed E-state index contributed by atoms with van der Waals surface area (Å²) in [6, 6.07) is 23.4. The van der Waals surface area contributed by atoms with E-state index < -0.39 is 39.5 Å². The van der Waals surface area contributed by atoms with Crippen LogP contribution in [0.15, 0.2) is 94.8 Å². The number of H-pyrrole nitrogens is 1. The molecule has 4 aromatic rings. The van der Waals surface area contributed by atoms with Crippen LogP contribution in [0.4, 0.5) is 11.4 Å². The summed E-state index contributed by atoms with van der Waals surface area (Å²) in [7, 11) is -3.30. The number of carbonyl (C=O) groups excluding carboxylic acids is 5. The van der Waals surface area contributed by atoms with E-state index in [1.807, 2.05) is 35.2 Å². The summed E-state index contributed by atoms with van der Waals surface area (Å²) in [4.78, 5) is 75.6. The van der Waals surface area contributed by atoms with Crippen LogP contribution in [-0.2, 0) is 24.2 Å². The highest BCUT2D eigenvalue weighted by atomic mass is 32.2. The summed E-state index contributed by atoms with van der Waals surface area (Å²) < 4.78 is 23.6. The summed E-state index contributed by atoms with van der Waals surface area (Å²) >= 11 is 0.